The SMILES string of the molecule is C[Si](O)(O)C1CCC(N)C1. The lowest BCUT2D eigenvalue weighted by molar-refractivity contribution is 0.347. The highest BCUT2D eigenvalue weighted by Gasteiger charge is 2.38. The third kappa shape index (κ3) is 1.79. The van der Waals surface area contributed by atoms with Gasteiger partial charge in [0, 0.05) is 11.6 Å². The van der Waals surface area contributed by atoms with E-state index in [1.54, 1.807) is 6.55 Å². The fourth-order valence-electron chi connectivity index (χ4n) is 1.51. The van der Waals surface area contributed by atoms with Crippen LogP contribution >= 0.6 is 0 Å². The molecule has 0 radical (unpaired) electrons. The Balaban J connectivity index is 2.45. The van der Waals surface area contributed by atoms with Crippen molar-refractivity contribution in [1.82, 2.24) is 0 Å². The maximum Gasteiger partial charge on any atom is 0.332 e. The van der Waals surface area contributed by atoms with Crippen molar-refractivity contribution >= 4 is 8.56 Å². The first-order chi connectivity index (χ1) is 4.50. The Morgan fingerprint density at radius 2 is 2.00 bits per heavy atom. The minimum Gasteiger partial charge on any atom is -0.411 e. The van der Waals surface area contributed by atoms with Crippen molar-refractivity contribution in [1.29, 1.82) is 0 Å². The molecular formula is C6H15NO2Si. The van der Waals surface area contributed by atoms with Gasteiger partial charge in [0.2, 0.25) is 0 Å². The maximum atomic E-state index is 9.27. The predicted molar refractivity (Wildman–Crippen MR) is 41.6 cm³/mol. The molecule has 4 N–H and O–H groups in total. The van der Waals surface area contributed by atoms with Crippen LogP contribution in [0.15, 0.2) is 0 Å². The summed E-state index contributed by atoms with van der Waals surface area (Å²) in [5.74, 6) is 0. The Morgan fingerprint density at radius 3 is 2.20 bits per heavy atom. The zero-order valence-electron chi connectivity index (χ0n) is 6.25. The van der Waals surface area contributed by atoms with Gasteiger partial charge in [0.15, 0.2) is 0 Å². The van der Waals surface area contributed by atoms with Gasteiger partial charge >= 0.3 is 8.56 Å². The van der Waals surface area contributed by atoms with E-state index in [0.717, 1.165) is 19.3 Å². The lowest BCUT2D eigenvalue weighted by Gasteiger charge is -2.19. The van der Waals surface area contributed by atoms with Gasteiger partial charge in [-0.3, -0.25) is 0 Å². The smallest absolute Gasteiger partial charge is 0.332 e. The molecular weight excluding hydrogens is 146 g/mol. The third-order valence-corrected chi connectivity index (χ3v) is 4.32. The minimum atomic E-state index is -2.85. The lowest BCUT2D eigenvalue weighted by Crippen LogP contribution is -2.36. The molecule has 0 saturated heterocycles. The van der Waals surface area contributed by atoms with Crippen molar-refractivity contribution in [2.45, 2.75) is 37.4 Å². The molecule has 10 heavy (non-hydrogen) atoms. The fraction of sp³-hybridized carbons (Fsp3) is 1.00. The van der Waals surface area contributed by atoms with Crippen LogP contribution in [0.4, 0.5) is 0 Å². The molecule has 0 heterocycles. The summed E-state index contributed by atoms with van der Waals surface area (Å²) in [6, 6.07) is 0.205. The highest BCUT2D eigenvalue weighted by Crippen LogP contribution is 2.34. The Hall–Kier alpha value is 0.0969. The van der Waals surface area contributed by atoms with Gasteiger partial charge in [-0.1, -0.05) is 0 Å². The van der Waals surface area contributed by atoms with Crippen LogP contribution in [-0.4, -0.2) is 24.2 Å². The van der Waals surface area contributed by atoms with E-state index in [9.17, 15) is 9.59 Å². The molecule has 1 saturated carbocycles. The molecule has 1 fully saturated rings. The molecule has 2 unspecified atom stereocenters. The Bertz CT molecular complexity index is 123. The Kier molecular flexibility index (Phi) is 2.14. The third-order valence-electron chi connectivity index (χ3n) is 2.25. The van der Waals surface area contributed by atoms with Crippen LogP contribution in [0.1, 0.15) is 19.3 Å². The van der Waals surface area contributed by atoms with E-state index in [2.05, 4.69) is 0 Å². The highest BCUT2D eigenvalue weighted by atomic mass is 28.4. The van der Waals surface area contributed by atoms with Crippen molar-refractivity contribution in [3.63, 3.8) is 0 Å². The molecule has 2 atom stereocenters. The van der Waals surface area contributed by atoms with Gasteiger partial charge in [-0.25, -0.2) is 0 Å². The summed E-state index contributed by atoms with van der Waals surface area (Å²) in [6.45, 7) is 1.57. The number of rotatable bonds is 1. The normalized spacial score (nSPS) is 34.8. The first kappa shape index (κ1) is 8.20. The molecule has 60 valence electrons. The molecule has 3 nitrogen and oxygen atoms in total. The fourth-order valence-corrected chi connectivity index (χ4v) is 2.98. The summed E-state index contributed by atoms with van der Waals surface area (Å²) in [7, 11) is -2.85. The number of hydrogen-bond donors (Lipinski definition) is 3. The Morgan fingerprint density at radius 1 is 1.40 bits per heavy atom. The van der Waals surface area contributed by atoms with Gasteiger partial charge in [0.1, 0.15) is 0 Å². The van der Waals surface area contributed by atoms with E-state index in [-0.39, 0.29) is 11.6 Å². The standard InChI is InChI=1S/C6H15NO2Si/c1-10(8,9)6-3-2-5(7)4-6/h5-6,8-9H,2-4,7H2,1H3. The second-order valence-corrected chi connectivity index (χ2v) is 6.37. The van der Waals surface area contributed by atoms with Crippen molar-refractivity contribution in [3.05, 3.63) is 0 Å². The van der Waals surface area contributed by atoms with E-state index < -0.39 is 8.56 Å². The molecule has 0 aromatic heterocycles. The van der Waals surface area contributed by atoms with E-state index >= 15 is 0 Å². The zero-order valence-corrected chi connectivity index (χ0v) is 7.25. The number of hydrogen-bond acceptors (Lipinski definition) is 3. The summed E-state index contributed by atoms with van der Waals surface area (Å²) in [5, 5.41) is 0. The average molecular weight is 161 g/mol. The van der Waals surface area contributed by atoms with E-state index in [1.807, 2.05) is 0 Å². The lowest BCUT2D eigenvalue weighted by atomic mass is 10.3. The molecule has 1 aliphatic rings. The minimum absolute atomic E-state index is 0.113. The molecule has 1 aliphatic carbocycles. The van der Waals surface area contributed by atoms with E-state index in [0.29, 0.717) is 0 Å². The van der Waals surface area contributed by atoms with Crippen molar-refractivity contribution in [3.8, 4) is 0 Å². The summed E-state index contributed by atoms with van der Waals surface area (Å²) >= 11 is 0. The molecule has 0 aliphatic heterocycles. The molecule has 0 aromatic rings. The average Bonchev–Trinajstić information content (AvgIpc) is 2.11. The van der Waals surface area contributed by atoms with Crippen molar-refractivity contribution < 1.29 is 9.59 Å². The zero-order chi connectivity index (χ0) is 7.78. The quantitative estimate of drug-likeness (QED) is 0.471. The van der Waals surface area contributed by atoms with Crippen LogP contribution in [0.3, 0.4) is 0 Å². The van der Waals surface area contributed by atoms with Crippen LogP contribution in [-0.2, 0) is 0 Å². The monoisotopic (exact) mass is 161 g/mol. The summed E-state index contributed by atoms with van der Waals surface area (Å²) in [5.41, 5.74) is 5.74. The maximum absolute atomic E-state index is 9.27. The van der Waals surface area contributed by atoms with Crippen molar-refractivity contribution in [2.75, 3.05) is 0 Å². The van der Waals surface area contributed by atoms with Gasteiger partial charge in [-0.2, -0.15) is 0 Å². The molecule has 4 heteroatoms. The molecule has 1 rings (SSSR count). The van der Waals surface area contributed by atoms with E-state index in [4.69, 9.17) is 5.73 Å². The summed E-state index contributed by atoms with van der Waals surface area (Å²) < 4.78 is 0. The van der Waals surface area contributed by atoms with Crippen LogP contribution in [0.2, 0.25) is 12.1 Å². The molecule has 0 amide bonds. The summed E-state index contributed by atoms with van der Waals surface area (Å²) in [6.07, 6.45) is 2.65. The predicted octanol–water partition coefficient (Wildman–Crippen LogP) is -0.0756. The second-order valence-electron chi connectivity index (χ2n) is 3.36. The van der Waals surface area contributed by atoms with Gasteiger partial charge < -0.3 is 15.3 Å². The van der Waals surface area contributed by atoms with Crippen LogP contribution in [0.25, 0.3) is 0 Å². The largest absolute Gasteiger partial charge is 0.411 e. The van der Waals surface area contributed by atoms with Crippen molar-refractivity contribution in [2.24, 2.45) is 5.73 Å². The van der Waals surface area contributed by atoms with Crippen LogP contribution in [0, 0.1) is 0 Å². The highest BCUT2D eigenvalue weighted by molar-refractivity contribution is 6.64. The van der Waals surface area contributed by atoms with Gasteiger partial charge in [0.05, 0.1) is 0 Å². The van der Waals surface area contributed by atoms with Crippen LogP contribution < -0.4 is 5.73 Å². The van der Waals surface area contributed by atoms with Crippen LogP contribution in [0.5, 0.6) is 0 Å². The molecule has 0 spiro atoms. The number of nitrogens with two attached hydrogens (primary N) is 1. The van der Waals surface area contributed by atoms with Gasteiger partial charge in [-0.15, -0.1) is 0 Å². The first-order valence-electron chi connectivity index (χ1n) is 3.70. The van der Waals surface area contributed by atoms with Gasteiger partial charge in [-0.05, 0) is 25.8 Å². The summed E-state index contributed by atoms with van der Waals surface area (Å²) in [4.78, 5) is 18.5. The van der Waals surface area contributed by atoms with Gasteiger partial charge in [0.25, 0.3) is 0 Å². The first-order valence-corrected chi connectivity index (χ1v) is 6.17. The Labute approximate surface area is 62.1 Å². The van der Waals surface area contributed by atoms with E-state index in [1.165, 1.54) is 0 Å². The molecule has 0 aromatic carbocycles. The molecule has 0 bridgehead atoms. The second kappa shape index (κ2) is 2.62. The topological polar surface area (TPSA) is 66.5 Å².